The van der Waals surface area contributed by atoms with Crippen LogP contribution < -0.4 is 5.32 Å². The summed E-state index contributed by atoms with van der Waals surface area (Å²) in [5.74, 6) is 0.999. The predicted molar refractivity (Wildman–Crippen MR) is 94.7 cm³/mol. The number of piperidine rings is 1. The van der Waals surface area contributed by atoms with Gasteiger partial charge in [0.05, 0.1) is 0 Å². The van der Waals surface area contributed by atoms with E-state index in [1.54, 1.807) is 0 Å². The quantitative estimate of drug-likeness (QED) is 0.825. The molecule has 1 aromatic rings. The molecular formula is C18H27BrN2O. The Kier molecular flexibility index (Phi) is 6.90. The average molecular weight is 367 g/mol. The molecule has 1 N–H and O–H groups in total. The van der Waals surface area contributed by atoms with Crippen molar-refractivity contribution in [2.24, 2.45) is 5.92 Å². The topological polar surface area (TPSA) is 32.3 Å². The molecule has 0 aliphatic carbocycles. The van der Waals surface area contributed by atoms with Crippen LogP contribution in [0, 0.1) is 5.92 Å². The predicted octanol–water partition coefficient (Wildman–Crippen LogP) is 3.97. The van der Waals surface area contributed by atoms with Gasteiger partial charge in [0.2, 0.25) is 5.91 Å². The molecule has 3 nitrogen and oxygen atoms in total. The average Bonchev–Trinajstić information content (AvgIpc) is 2.51. The Labute approximate surface area is 142 Å². The van der Waals surface area contributed by atoms with Crippen LogP contribution in [-0.2, 0) is 11.3 Å². The molecule has 0 saturated carbocycles. The molecule has 0 aromatic heterocycles. The third kappa shape index (κ3) is 5.40. The van der Waals surface area contributed by atoms with Crippen molar-refractivity contribution in [1.82, 2.24) is 10.2 Å². The molecule has 1 amide bonds. The van der Waals surface area contributed by atoms with E-state index in [-0.39, 0.29) is 11.9 Å². The van der Waals surface area contributed by atoms with Crippen molar-refractivity contribution in [1.29, 1.82) is 0 Å². The van der Waals surface area contributed by atoms with Gasteiger partial charge in [-0.1, -0.05) is 28.1 Å². The number of halogens is 1. The monoisotopic (exact) mass is 366 g/mol. The molecule has 0 atom stereocenters. The first-order chi connectivity index (χ1) is 10.6. The van der Waals surface area contributed by atoms with E-state index in [2.05, 4.69) is 47.2 Å². The van der Waals surface area contributed by atoms with Crippen LogP contribution in [0.2, 0.25) is 0 Å². The van der Waals surface area contributed by atoms with Gasteiger partial charge in [0, 0.05) is 23.5 Å². The van der Waals surface area contributed by atoms with Crippen LogP contribution >= 0.6 is 15.9 Å². The van der Waals surface area contributed by atoms with Crippen molar-refractivity contribution in [3.05, 3.63) is 34.3 Å². The van der Waals surface area contributed by atoms with Crippen molar-refractivity contribution < 1.29 is 4.79 Å². The van der Waals surface area contributed by atoms with E-state index < -0.39 is 0 Å². The maximum Gasteiger partial charge on any atom is 0.223 e. The molecule has 0 radical (unpaired) electrons. The fourth-order valence-electron chi connectivity index (χ4n) is 3.03. The summed E-state index contributed by atoms with van der Waals surface area (Å²) >= 11 is 3.50. The van der Waals surface area contributed by atoms with E-state index in [9.17, 15) is 4.79 Å². The fraction of sp³-hybridized carbons (Fsp3) is 0.611. The van der Waals surface area contributed by atoms with Gasteiger partial charge in [-0.2, -0.15) is 0 Å². The molecule has 1 aliphatic rings. The zero-order chi connectivity index (χ0) is 15.9. The van der Waals surface area contributed by atoms with Crippen molar-refractivity contribution in [3.63, 3.8) is 0 Å². The van der Waals surface area contributed by atoms with Crippen LogP contribution in [0.5, 0.6) is 0 Å². The van der Waals surface area contributed by atoms with Gasteiger partial charge in [-0.15, -0.1) is 0 Å². The largest absolute Gasteiger partial charge is 0.336 e. The van der Waals surface area contributed by atoms with Gasteiger partial charge in [0.25, 0.3) is 0 Å². The highest BCUT2D eigenvalue weighted by Crippen LogP contribution is 2.20. The summed E-state index contributed by atoms with van der Waals surface area (Å²) in [6, 6.07) is 8.45. The third-order valence-corrected chi connectivity index (χ3v) is 4.90. The Morgan fingerprint density at radius 3 is 2.73 bits per heavy atom. The molecule has 0 unspecified atom stereocenters. The number of carbonyl (C=O) groups is 1. The SMILES string of the molecule is CC(C)N(Cc1cccc(Br)c1)C(=O)CCC1CCNCC1. The minimum absolute atomic E-state index is 0.236. The standard InChI is InChI=1S/C18H27BrN2O/c1-14(2)21(13-16-4-3-5-17(19)12-16)18(22)7-6-15-8-10-20-11-9-15/h3-5,12,14-15,20H,6-11,13H2,1-2H3. The maximum absolute atomic E-state index is 12.6. The van der Waals surface area contributed by atoms with E-state index in [1.165, 1.54) is 18.4 Å². The molecule has 1 fully saturated rings. The maximum atomic E-state index is 12.6. The lowest BCUT2D eigenvalue weighted by Gasteiger charge is -2.28. The zero-order valence-electron chi connectivity index (χ0n) is 13.6. The van der Waals surface area contributed by atoms with Crippen LogP contribution in [0.1, 0.15) is 45.1 Å². The molecule has 2 rings (SSSR count). The number of rotatable bonds is 6. The second-order valence-electron chi connectivity index (χ2n) is 6.48. The molecule has 1 heterocycles. The van der Waals surface area contributed by atoms with E-state index in [0.717, 1.165) is 24.0 Å². The van der Waals surface area contributed by atoms with Gasteiger partial charge < -0.3 is 10.2 Å². The lowest BCUT2D eigenvalue weighted by atomic mass is 9.93. The Morgan fingerprint density at radius 1 is 1.36 bits per heavy atom. The summed E-state index contributed by atoms with van der Waals surface area (Å²) in [4.78, 5) is 14.6. The van der Waals surface area contributed by atoms with Crippen LogP contribution in [-0.4, -0.2) is 29.9 Å². The first-order valence-corrected chi connectivity index (χ1v) is 9.10. The highest BCUT2D eigenvalue weighted by Gasteiger charge is 2.20. The van der Waals surface area contributed by atoms with Gasteiger partial charge in [-0.3, -0.25) is 4.79 Å². The van der Waals surface area contributed by atoms with E-state index in [4.69, 9.17) is 0 Å². The van der Waals surface area contributed by atoms with E-state index in [0.29, 0.717) is 18.9 Å². The van der Waals surface area contributed by atoms with Gasteiger partial charge in [0.15, 0.2) is 0 Å². The first kappa shape index (κ1) is 17.5. The van der Waals surface area contributed by atoms with Crippen molar-refractivity contribution in [2.45, 2.75) is 52.1 Å². The molecule has 122 valence electrons. The third-order valence-electron chi connectivity index (χ3n) is 4.41. The highest BCUT2D eigenvalue weighted by molar-refractivity contribution is 9.10. The van der Waals surface area contributed by atoms with Gasteiger partial charge in [0.1, 0.15) is 0 Å². The Bertz CT molecular complexity index is 484. The Morgan fingerprint density at radius 2 is 2.09 bits per heavy atom. The molecule has 0 bridgehead atoms. The van der Waals surface area contributed by atoms with E-state index in [1.807, 2.05) is 17.0 Å². The smallest absolute Gasteiger partial charge is 0.223 e. The molecule has 1 saturated heterocycles. The number of hydrogen-bond donors (Lipinski definition) is 1. The fourth-order valence-corrected chi connectivity index (χ4v) is 3.48. The summed E-state index contributed by atoms with van der Waals surface area (Å²) in [7, 11) is 0. The summed E-state index contributed by atoms with van der Waals surface area (Å²) < 4.78 is 1.07. The molecule has 1 aromatic carbocycles. The molecule has 0 spiro atoms. The first-order valence-electron chi connectivity index (χ1n) is 8.31. The number of hydrogen-bond acceptors (Lipinski definition) is 2. The van der Waals surface area contributed by atoms with Crippen LogP contribution in [0.4, 0.5) is 0 Å². The summed E-state index contributed by atoms with van der Waals surface area (Å²) in [5, 5.41) is 3.38. The summed E-state index contributed by atoms with van der Waals surface area (Å²) in [6.07, 6.45) is 4.13. The lowest BCUT2D eigenvalue weighted by Crippen LogP contribution is -2.37. The number of carbonyl (C=O) groups excluding carboxylic acids is 1. The zero-order valence-corrected chi connectivity index (χ0v) is 15.2. The van der Waals surface area contributed by atoms with Gasteiger partial charge in [-0.05, 0) is 69.8 Å². The van der Waals surface area contributed by atoms with Crippen LogP contribution in [0.3, 0.4) is 0 Å². The van der Waals surface area contributed by atoms with Gasteiger partial charge >= 0.3 is 0 Å². The number of nitrogens with zero attached hydrogens (tertiary/aromatic N) is 1. The second kappa shape index (κ2) is 8.68. The van der Waals surface area contributed by atoms with Crippen LogP contribution in [0.25, 0.3) is 0 Å². The van der Waals surface area contributed by atoms with Crippen LogP contribution in [0.15, 0.2) is 28.7 Å². The summed E-state index contributed by atoms with van der Waals surface area (Å²) in [5.41, 5.74) is 1.18. The van der Waals surface area contributed by atoms with E-state index >= 15 is 0 Å². The highest BCUT2D eigenvalue weighted by atomic mass is 79.9. The normalized spacial score (nSPS) is 16.0. The molecule has 4 heteroatoms. The number of benzene rings is 1. The number of nitrogens with one attached hydrogen (secondary N) is 1. The lowest BCUT2D eigenvalue weighted by molar-refractivity contribution is -0.133. The van der Waals surface area contributed by atoms with Crippen molar-refractivity contribution in [3.8, 4) is 0 Å². The minimum Gasteiger partial charge on any atom is -0.336 e. The molecule has 1 aliphatic heterocycles. The molecular weight excluding hydrogens is 340 g/mol. The van der Waals surface area contributed by atoms with Gasteiger partial charge in [-0.25, -0.2) is 0 Å². The Balaban J connectivity index is 1.90. The Hall–Kier alpha value is -0.870. The van der Waals surface area contributed by atoms with Crippen molar-refractivity contribution in [2.75, 3.05) is 13.1 Å². The van der Waals surface area contributed by atoms with Crippen molar-refractivity contribution >= 4 is 21.8 Å². The molecule has 22 heavy (non-hydrogen) atoms. The summed E-state index contributed by atoms with van der Waals surface area (Å²) in [6.45, 7) is 7.10. The number of amides is 1. The second-order valence-corrected chi connectivity index (χ2v) is 7.39. The minimum atomic E-state index is 0.236.